The van der Waals surface area contributed by atoms with Crippen molar-refractivity contribution < 1.29 is 87.8 Å². The number of hydrogen-bond acceptors (Lipinski definition) is 1. The van der Waals surface area contributed by atoms with Crippen LogP contribution in [0.3, 0.4) is 0 Å². The van der Waals surface area contributed by atoms with E-state index in [1.54, 1.807) is 0 Å². The second-order valence-corrected chi connectivity index (χ2v) is 13.3. The standard InChI is InChI=1S/C32H8F20N.C8H11N/c1-53(2,32-30(51)28(49)27(48)29(50)31(32)52)6-4-3-5(8-12(33)18(39)24(45)19(40)13(8)34)7(10-14(35)20(41)25(46)21(42)15(10)36)9(6)11-16(37)22(43)26(47)23(44)17(11)38;1-9(2)8-6-4-3-5-7-8/h3-4H,1-2H3;3-7H,1-2H3/q+1;. The third-order valence-corrected chi connectivity index (χ3v) is 9.20. The maximum atomic E-state index is 15.6. The molecular weight excluding hydrogens is 888 g/mol. The Kier molecular flexibility index (Phi) is 12.7. The van der Waals surface area contributed by atoms with E-state index < -0.39 is 166 Å². The van der Waals surface area contributed by atoms with Crippen molar-refractivity contribution in [3.63, 3.8) is 0 Å². The number of quaternary nitrogens is 1. The number of anilines is 1. The average Bonchev–Trinajstić information content (AvgIpc) is 3.24. The Morgan fingerprint density at radius 1 is 0.306 bits per heavy atom. The maximum absolute atomic E-state index is 15.6. The highest BCUT2D eigenvalue weighted by atomic mass is 19.2. The lowest BCUT2D eigenvalue weighted by Gasteiger charge is -2.33. The highest BCUT2D eigenvalue weighted by Crippen LogP contribution is 2.54. The molecule has 0 bridgehead atoms. The van der Waals surface area contributed by atoms with Crippen LogP contribution in [0.4, 0.5) is 105 Å². The Balaban J connectivity index is 0.000000715. The van der Waals surface area contributed by atoms with Crippen LogP contribution in [-0.2, 0) is 0 Å². The van der Waals surface area contributed by atoms with E-state index in [0.717, 1.165) is 0 Å². The van der Waals surface area contributed by atoms with E-state index >= 15 is 35.1 Å². The van der Waals surface area contributed by atoms with E-state index in [2.05, 4.69) is 17.0 Å². The van der Waals surface area contributed by atoms with Gasteiger partial charge in [0.05, 0.1) is 36.3 Å². The Hall–Kier alpha value is -6.32. The normalized spacial score (nSPS) is 11.5. The van der Waals surface area contributed by atoms with Gasteiger partial charge in [-0.3, -0.25) is 4.48 Å². The molecule has 0 radical (unpaired) electrons. The summed E-state index contributed by atoms with van der Waals surface area (Å²) in [6, 6.07) is 10.1. The van der Waals surface area contributed by atoms with Gasteiger partial charge in [0.1, 0.15) is 5.69 Å². The summed E-state index contributed by atoms with van der Waals surface area (Å²) in [6.07, 6.45) is 0. The van der Waals surface area contributed by atoms with Gasteiger partial charge in [0.25, 0.3) is 0 Å². The van der Waals surface area contributed by atoms with Crippen molar-refractivity contribution in [2.45, 2.75) is 0 Å². The number of halogens is 20. The Morgan fingerprint density at radius 2 is 0.597 bits per heavy atom. The molecule has 2 nitrogen and oxygen atoms in total. The molecule has 0 N–H and O–H groups in total. The average molecular weight is 908 g/mol. The summed E-state index contributed by atoms with van der Waals surface area (Å²) < 4.78 is 294. The first-order valence-electron chi connectivity index (χ1n) is 16.6. The van der Waals surface area contributed by atoms with Crippen LogP contribution in [0.5, 0.6) is 0 Å². The van der Waals surface area contributed by atoms with Gasteiger partial charge in [0.2, 0.25) is 52.2 Å². The third-order valence-electron chi connectivity index (χ3n) is 9.20. The topological polar surface area (TPSA) is 3.24 Å². The molecule has 62 heavy (non-hydrogen) atoms. The molecule has 0 saturated heterocycles. The minimum atomic E-state index is -3.11. The summed E-state index contributed by atoms with van der Waals surface area (Å²) in [5.74, 6) is -59.6. The largest absolute Gasteiger partial charge is 0.378 e. The molecule has 328 valence electrons. The van der Waals surface area contributed by atoms with Crippen LogP contribution in [0.25, 0.3) is 33.4 Å². The molecule has 6 aromatic rings. The van der Waals surface area contributed by atoms with Gasteiger partial charge in [-0.2, -0.15) is 8.78 Å². The molecular formula is C40H19F20N2+. The van der Waals surface area contributed by atoms with Gasteiger partial charge in [0.15, 0.2) is 69.8 Å². The van der Waals surface area contributed by atoms with Crippen LogP contribution in [0.15, 0.2) is 42.5 Å². The summed E-state index contributed by atoms with van der Waals surface area (Å²) in [5.41, 5.74) is -17.1. The zero-order valence-corrected chi connectivity index (χ0v) is 31.0. The van der Waals surface area contributed by atoms with Gasteiger partial charge in [-0.15, -0.1) is 0 Å². The summed E-state index contributed by atoms with van der Waals surface area (Å²) in [6.45, 7) is 0. The predicted octanol–water partition coefficient (Wildman–Crippen LogP) is 13.1. The highest BCUT2D eigenvalue weighted by molar-refractivity contribution is 6.01. The molecule has 0 aromatic heterocycles. The van der Waals surface area contributed by atoms with Crippen LogP contribution < -0.4 is 9.38 Å². The molecule has 6 rings (SSSR count). The van der Waals surface area contributed by atoms with E-state index in [1.807, 2.05) is 32.3 Å². The maximum Gasteiger partial charge on any atom is 0.226 e. The molecule has 0 amide bonds. The molecule has 6 aromatic carbocycles. The van der Waals surface area contributed by atoms with Crippen molar-refractivity contribution in [2.24, 2.45) is 0 Å². The van der Waals surface area contributed by atoms with E-state index in [-0.39, 0.29) is 26.2 Å². The second-order valence-electron chi connectivity index (χ2n) is 13.3. The van der Waals surface area contributed by atoms with Gasteiger partial charge in [-0.05, 0) is 23.8 Å². The van der Waals surface area contributed by atoms with Gasteiger partial charge in [0, 0.05) is 31.4 Å². The van der Waals surface area contributed by atoms with Gasteiger partial charge >= 0.3 is 0 Å². The lowest BCUT2D eigenvalue weighted by atomic mass is 9.84. The van der Waals surface area contributed by atoms with Crippen LogP contribution in [0.2, 0.25) is 0 Å². The minimum Gasteiger partial charge on any atom is -0.378 e. The molecule has 0 heterocycles. The molecule has 0 aliphatic carbocycles. The van der Waals surface area contributed by atoms with Crippen molar-refractivity contribution >= 4 is 17.1 Å². The zero-order valence-electron chi connectivity index (χ0n) is 31.0. The van der Waals surface area contributed by atoms with Crippen LogP contribution in [-0.4, -0.2) is 28.2 Å². The van der Waals surface area contributed by atoms with E-state index in [4.69, 9.17) is 0 Å². The monoisotopic (exact) mass is 907 g/mol. The number of rotatable bonds is 6. The quantitative estimate of drug-likeness (QED) is 0.0697. The van der Waals surface area contributed by atoms with Crippen LogP contribution in [0, 0.1) is 116 Å². The molecule has 0 spiro atoms. The van der Waals surface area contributed by atoms with E-state index in [0.29, 0.717) is 0 Å². The first-order valence-corrected chi connectivity index (χ1v) is 16.6. The van der Waals surface area contributed by atoms with Crippen LogP contribution in [0.1, 0.15) is 0 Å². The van der Waals surface area contributed by atoms with Crippen molar-refractivity contribution in [3.8, 4) is 33.4 Å². The summed E-state index contributed by atoms with van der Waals surface area (Å²) >= 11 is 0. The fourth-order valence-electron chi connectivity index (χ4n) is 6.20. The molecule has 0 aliphatic rings. The van der Waals surface area contributed by atoms with E-state index in [9.17, 15) is 52.7 Å². The smallest absolute Gasteiger partial charge is 0.226 e. The third kappa shape index (κ3) is 7.32. The number of para-hydroxylation sites is 1. The molecule has 0 unspecified atom stereocenters. The van der Waals surface area contributed by atoms with Crippen molar-refractivity contribution in [1.82, 2.24) is 4.48 Å². The molecule has 0 saturated carbocycles. The van der Waals surface area contributed by atoms with Crippen molar-refractivity contribution in [1.29, 1.82) is 0 Å². The zero-order chi connectivity index (χ0) is 46.8. The first kappa shape index (κ1) is 46.7. The van der Waals surface area contributed by atoms with Gasteiger partial charge in [-0.25, -0.2) is 79.0 Å². The molecule has 0 fully saturated rings. The van der Waals surface area contributed by atoms with Crippen molar-refractivity contribution in [2.75, 3.05) is 33.1 Å². The Morgan fingerprint density at radius 3 is 0.919 bits per heavy atom. The fourth-order valence-corrected chi connectivity index (χ4v) is 6.20. The van der Waals surface area contributed by atoms with Crippen LogP contribution >= 0.6 is 0 Å². The predicted molar refractivity (Wildman–Crippen MR) is 182 cm³/mol. The molecule has 22 heteroatoms. The highest BCUT2D eigenvalue weighted by Gasteiger charge is 2.44. The van der Waals surface area contributed by atoms with Gasteiger partial charge < -0.3 is 4.90 Å². The number of nitrogens with zero attached hydrogens (tertiary/aromatic N) is 2. The first-order chi connectivity index (χ1) is 28.7. The lowest BCUT2D eigenvalue weighted by Crippen LogP contribution is -2.38. The van der Waals surface area contributed by atoms with Crippen molar-refractivity contribution in [3.05, 3.63) is 159 Å². The Labute approximate surface area is 334 Å². The number of benzene rings is 6. The Bertz CT molecular complexity index is 2690. The van der Waals surface area contributed by atoms with Gasteiger partial charge in [-0.1, -0.05) is 18.2 Å². The SMILES string of the molecule is CN(C)c1ccccc1.C[N+](C)(c1ccc(-c2c(F)c(F)c(F)c(F)c2F)c(-c2c(F)c(F)c(F)c(F)c2F)c1-c1c(F)c(F)c(F)c(F)c1F)c1c(F)c(F)c(F)c(F)c1F. The minimum absolute atomic E-state index is 0.0195. The number of hydrogen-bond donors (Lipinski definition) is 0. The summed E-state index contributed by atoms with van der Waals surface area (Å²) in [7, 11) is 4.64. The summed E-state index contributed by atoms with van der Waals surface area (Å²) in [4.78, 5) is 2.08. The lowest BCUT2D eigenvalue weighted by molar-refractivity contribution is 0.359. The van der Waals surface area contributed by atoms with E-state index in [1.165, 1.54) is 5.69 Å². The fraction of sp³-hybridized carbons (Fsp3) is 0.100. The molecule has 0 atom stereocenters. The molecule has 0 aliphatic heterocycles. The second kappa shape index (κ2) is 16.9. The summed E-state index contributed by atoms with van der Waals surface area (Å²) in [5, 5.41) is 0.